The highest BCUT2D eigenvalue weighted by Gasteiger charge is 2.00. The molecule has 1 rings (SSSR count). The number of carboxylic acid groups (broad SMARTS) is 1. The number of hydrogen-bond donors (Lipinski definition) is 1. The maximum Gasteiger partial charge on any atom is 0.303 e. The fraction of sp³-hybridized carbons (Fsp3) is 0.611. The van der Waals surface area contributed by atoms with E-state index in [2.05, 4.69) is 42.3 Å². The van der Waals surface area contributed by atoms with Crippen LogP contribution in [-0.4, -0.2) is 36.1 Å². The lowest BCUT2D eigenvalue weighted by molar-refractivity contribution is -0.137. The van der Waals surface area contributed by atoms with Gasteiger partial charge in [-0.2, -0.15) is 0 Å². The Labute approximate surface area is 129 Å². The van der Waals surface area contributed by atoms with Crippen LogP contribution in [0.1, 0.15) is 50.5 Å². The second kappa shape index (κ2) is 11.3. The van der Waals surface area contributed by atoms with Crippen LogP contribution in [0.3, 0.4) is 0 Å². The number of unbranched alkanes of at least 4 members (excludes halogenated alkanes) is 5. The molecular weight excluding hydrogens is 262 g/mol. The monoisotopic (exact) mass is 291 g/mol. The summed E-state index contributed by atoms with van der Waals surface area (Å²) in [5.41, 5.74) is 1.41. The van der Waals surface area contributed by atoms with Crippen molar-refractivity contribution in [2.45, 2.75) is 51.4 Å². The molecule has 0 aliphatic rings. The highest BCUT2D eigenvalue weighted by Crippen LogP contribution is 2.08. The normalized spacial score (nSPS) is 11.0. The van der Waals surface area contributed by atoms with Crippen molar-refractivity contribution in [3.05, 3.63) is 35.9 Å². The smallest absolute Gasteiger partial charge is 0.303 e. The van der Waals surface area contributed by atoms with Crippen LogP contribution in [0.4, 0.5) is 0 Å². The van der Waals surface area contributed by atoms with E-state index >= 15 is 0 Å². The second-order valence-electron chi connectivity index (χ2n) is 5.80. The van der Waals surface area contributed by atoms with Gasteiger partial charge < -0.3 is 10.0 Å². The van der Waals surface area contributed by atoms with Crippen molar-refractivity contribution >= 4 is 5.97 Å². The summed E-state index contributed by atoms with van der Waals surface area (Å²) in [4.78, 5) is 12.8. The molecule has 0 amide bonds. The van der Waals surface area contributed by atoms with E-state index in [1.807, 2.05) is 0 Å². The molecule has 21 heavy (non-hydrogen) atoms. The zero-order chi connectivity index (χ0) is 15.3. The maximum absolute atomic E-state index is 10.4. The van der Waals surface area contributed by atoms with Crippen molar-refractivity contribution in [3.8, 4) is 0 Å². The number of benzene rings is 1. The van der Waals surface area contributed by atoms with Crippen LogP contribution in [0.5, 0.6) is 0 Å². The van der Waals surface area contributed by atoms with Crippen LogP contribution >= 0.6 is 0 Å². The van der Waals surface area contributed by atoms with Gasteiger partial charge in [-0.3, -0.25) is 4.79 Å². The predicted molar refractivity (Wildman–Crippen MR) is 87.6 cm³/mol. The number of likely N-dealkylation sites (N-methyl/N-ethyl adjacent to an activating group) is 1. The highest BCUT2D eigenvalue weighted by molar-refractivity contribution is 5.66. The Balaban J connectivity index is 1.91. The lowest BCUT2D eigenvalue weighted by Gasteiger charge is -2.16. The molecule has 0 heterocycles. The highest BCUT2D eigenvalue weighted by atomic mass is 16.4. The molecule has 0 aliphatic carbocycles. The molecule has 0 radical (unpaired) electrons. The van der Waals surface area contributed by atoms with Crippen molar-refractivity contribution in [3.63, 3.8) is 0 Å². The quantitative estimate of drug-likeness (QED) is 0.592. The Bertz CT molecular complexity index is 378. The minimum absolute atomic E-state index is 0.322. The number of aliphatic carboxylic acids is 1. The largest absolute Gasteiger partial charge is 0.481 e. The Kier molecular flexibility index (Phi) is 9.55. The maximum atomic E-state index is 10.4. The summed E-state index contributed by atoms with van der Waals surface area (Å²) >= 11 is 0. The lowest BCUT2D eigenvalue weighted by Crippen LogP contribution is -2.22. The molecule has 0 aliphatic heterocycles. The number of nitrogens with zero attached hydrogens (tertiary/aromatic N) is 1. The van der Waals surface area contributed by atoms with E-state index in [0.717, 1.165) is 32.4 Å². The first-order valence-corrected chi connectivity index (χ1v) is 8.13. The second-order valence-corrected chi connectivity index (χ2v) is 5.80. The van der Waals surface area contributed by atoms with Gasteiger partial charge in [0.05, 0.1) is 0 Å². The summed E-state index contributed by atoms with van der Waals surface area (Å²) in [5.74, 6) is -0.671. The molecule has 1 aromatic carbocycles. The molecule has 0 spiro atoms. The number of carboxylic acids is 1. The molecule has 0 aromatic heterocycles. The van der Waals surface area contributed by atoms with Gasteiger partial charge in [0.15, 0.2) is 0 Å². The SMILES string of the molecule is CN(CCCCCCCCC(=O)O)CCc1ccccc1. The first-order chi connectivity index (χ1) is 10.2. The van der Waals surface area contributed by atoms with Crippen molar-refractivity contribution in [2.75, 3.05) is 20.1 Å². The molecule has 1 N–H and O–H groups in total. The number of carbonyl (C=O) groups is 1. The molecule has 3 heteroatoms. The molecule has 118 valence electrons. The molecule has 0 atom stereocenters. The summed E-state index contributed by atoms with van der Waals surface area (Å²) in [6.45, 7) is 2.27. The lowest BCUT2D eigenvalue weighted by atomic mass is 10.1. The van der Waals surface area contributed by atoms with Gasteiger partial charge in [-0.05, 0) is 38.4 Å². The van der Waals surface area contributed by atoms with E-state index in [9.17, 15) is 4.79 Å². The van der Waals surface area contributed by atoms with Gasteiger partial charge in [0.25, 0.3) is 0 Å². The van der Waals surface area contributed by atoms with Gasteiger partial charge in [0.2, 0.25) is 0 Å². The van der Waals surface area contributed by atoms with Crippen molar-refractivity contribution in [1.29, 1.82) is 0 Å². The standard InChI is InChI=1S/C18H29NO2/c1-19(16-14-17-11-7-6-8-12-17)15-10-5-3-2-4-9-13-18(20)21/h6-8,11-12H,2-5,9-10,13-16H2,1H3,(H,20,21). The van der Waals surface area contributed by atoms with E-state index in [0.29, 0.717) is 6.42 Å². The van der Waals surface area contributed by atoms with E-state index in [4.69, 9.17) is 5.11 Å². The number of rotatable bonds is 12. The third kappa shape index (κ3) is 10.1. The van der Waals surface area contributed by atoms with E-state index in [1.54, 1.807) is 0 Å². The van der Waals surface area contributed by atoms with Gasteiger partial charge in [0.1, 0.15) is 0 Å². The van der Waals surface area contributed by atoms with Crippen LogP contribution in [0, 0.1) is 0 Å². The van der Waals surface area contributed by atoms with E-state index in [-0.39, 0.29) is 0 Å². The van der Waals surface area contributed by atoms with Crippen molar-refractivity contribution in [1.82, 2.24) is 4.90 Å². The molecule has 0 saturated carbocycles. The zero-order valence-corrected chi connectivity index (χ0v) is 13.3. The van der Waals surface area contributed by atoms with E-state index < -0.39 is 5.97 Å². The van der Waals surface area contributed by atoms with Gasteiger partial charge in [-0.1, -0.05) is 56.0 Å². The first-order valence-electron chi connectivity index (χ1n) is 8.13. The third-order valence-electron chi connectivity index (χ3n) is 3.81. The molecule has 0 bridgehead atoms. The molecular formula is C18H29NO2. The minimum Gasteiger partial charge on any atom is -0.481 e. The van der Waals surface area contributed by atoms with Crippen molar-refractivity contribution in [2.24, 2.45) is 0 Å². The van der Waals surface area contributed by atoms with Gasteiger partial charge in [0, 0.05) is 13.0 Å². The molecule has 0 saturated heterocycles. The zero-order valence-electron chi connectivity index (χ0n) is 13.3. The minimum atomic E-state index is -0.671. The fourth-order valence-electron chi connectivity index (χ4n) is 2.44. The van der Waals surface area contributed by atoms with Crippen LogP contribution in [0.15, 0.2) is 30.3 Å². The molecule has 3 nitrogen and oxygen atoms in total. The van der Waals surface area contributed by atoms with Gasteiger partial charge >= 0.3 is 5.97 Å². The average Bonchev–Trinajstić information content (AvgIpc) is 2.48. The molecule has 1 aromatic rings. The Morgan fingerprint density at radius 1 is 0.952 bits per heavy atom. The summed E-state index contributed by atoms with van der Waals surface area (Å²) in [7, 11) is 2.19. The summed E-state index contributed by atoms with van der Waals surface area (Å²) in [5, 5.41) is 8.54. The number of hydrogen-bond acceptors (Lipinski definition) is 2. The van der Waals surface area contributed by atoms with Crippen LogP contribution < -0.4 is 0 Å². The Morgan fingerprint density at radius 2 is 1.57 bits per heavy atom. The Morgan fingerprint density at radius 3 is 2.24 bits per heavy atom. The van der Waals surface area contributed by atoms with Crippen LogP contribution in [-0.2, 0) is 11.2 Å². The summed E-state index contributed by atoms with van der Waals surface area (Å²) < 4.78 is 0. The fourth-order valence-corrected chi connectivity index (χ4v) is 2.44. The van der Waals surface area contributed by atoms with Crippen LogP contribution in [0.2, 0.25) is 0 Å². The Hall–Kier alpha value is -1.35. The average molecular weight is 291 g/mol. The predicted octanol–water partition coefficient (Wildman–Crippen LogP) is 3.98. The van der Waals surface area contributed by atoms with Crippen molar-refractivity contribution < 1.29 is 9.90 Å². The third-order valence-corrected chi connectivity index (χ3v) is 3.81. The summed E-state index contributed by atoms with van der Waals surface area (Å²) in [6.07, 6.45) is 8.21. The van der Waals surface area contributed by atoms with Gasteiger partial charge in [-0.15, -0.1) is 0 Å². The summed E-state index contributed by atoms with van der Waals surface area (Å²) in [6, 6.07) is 10.6. The topological polar surface area (TPSA) is 40.5 Å². The first kappa shape index (κ1) is 17.7. The molecule has 0 unspecified atom stereocenters. The van der Waals surface area contributed by atoms with Crippen LogP contribution in [0.25, 0.3) is 0 Å². The molecule has 0 fully saturated rings. The van der Waals surface area contributed by atoms with Gasteiger partial charge in [-0.25, -0.2) is 0 Å². The van der Waals surface area contributed by atoms with E-state index in [1.165, 1.54) is 31.2 Å².